The number of hydrogen-bond acceptors (Lipinski definition) is 7. The van der Waals surface area contributed by atoms with Gasteiger partial charge in [-0.05, 0) is 61.7 Å². The molecule has 0 unspecified atom stereocenters. The second-order valence-electron chi connectivity index (χ2n) is 8.51. The van der Waals surface area contributed by atoms with Gasteiger partial charge in [-0.3, -0.25) is 14.7 Å². The first-order valence-corrected chi connectivity index (χ1v) is 12.4. The van der Waals surface area contributed by atoms with Crippen LogP contribution in [0, 0.1) is 30.9 Å². The molecule has 4 aromatic rings. The highest BCUT2D eigenvalue weighted by Crippen LogP contribution is 2.39. The maximum Gasteiger partial charge on any atom is 0.220 e. The SMILES string of the molecule is COc1cc([C@@H](C[N+](=O)[O-])Sc2nnc(C)n2-c2cccc(C)c2)ccc1OCc1ccc(C)cc1. The predicted molar refractivity (Wildman–Crippen MR) is 140 cm³/mol. The fraction of sp³-hybridized carbons (Fsp3) is 0.259. The number of methoxy groups -OCH3 is 1. The zero-order chi connectivity index (χ0) is 25.7. The summed E-state index contributed by atoms with van der Waals surface area (Å²) >= 11 is 1.31. The van der Waals surface area contributed by atoms with Gasteiger partial charge in [0.2, 0.25) is 6.54 Å². The zero-order valence-corrected chi connectivity index (χ0v) is 21.5. The molecule has 9 heteroatoms. The molecule has 0 aliphatic carbocycles. The quantitative estimate of drug-likeness (QED) is 0.151. The lowest BCUT2D eigenvalue weighted by atomic mass is 10.1. The van der Waals surface area contributed by atoms with Gasteiger partial charge in [0.15, 0.2) is 16.7 Å². The average Bonchev–Trinajstić information content (AvgIpc) is 3.22. The van der Waals surface area contributed by atoms with Gasteiger partial charge in [0.1, 0.15) is 17.7 Å². The molecular weight excluding hydrogens is 476 g/mol. The van der Waals surface area contributed by atoms with Gasteiger partial charge in [-0.25, -0.2) is 0 Å². The molecule has 1 atom stereocenters. The van der Waals surface area contributed by atoms with Crippen LogP contribution in [0.2, 0.25) is 0 Å². The number of aromatic nitrogens is 3. The maximum atomic E-state index is 11.6. The molecule has 36 heavy (non-hydrogen) atoms. The van der Waals surface area contributed by atoms with Crippen molar-refractivity contribution < 1.29 is 14.4 Å². The molecule has 4 rings (SSSR count). The predicted octanol–water partition coefficient (Wildman–Crippen LogP) is 5.89. The van der Waals surface area contributed by atoms with Crippen molar-refractivity contribution in [1.29, 1.82) is 0 Å². The van der Waals surface area contributed by atoms with Crippen LogP contribution in [0.15, 0.2) is 71.9 Å². The second kappa shape index (κ2) is 11.3. The minimum atomic E-state index is -0.507. The Hall–Kier alpha value is -3.85. The number of thioether (sulfide) groups is 1. The van der Waals surface area contributed by atoms with E-state index in [1.807, 2.05) is 79.9 Å². The van der Waals surface area contributed by atoms with E-state index in [0.717, 1.165) is 22.4 Å². The minimum Gasteiger partial charge on any atom is -0.493 e. The minimum absolute atomic E-state index is 0.281. The van der Waals surface area contributed by atoms with Crippen LogP contribution in [0.4, 0.5) is 0 Å². The molecule has 1 heterocycles. The summed E-state index contributed by atoms with van der Waals surface area (Å²) in [5.41, 5.74) is 4.98. The molecule has 0 amide bonds. The fourth-order valence-electron chi connectivity index (χ4n) is 3.81. The largest absolute Gasteiger partial charge is 0.493 e. The zero-order valence-electron chi connectivity index (χ0n) is 20.7. The lowest BCUT2D eigenvalue weighted by molar-refractivity contribution is -0.479. The van der Waals surface area contributed by atoms with Crippen molar-refractivity contribution >= 4 is 11.8 Å². The number of nitro groups is 1. The number of rotatable bonds is 10. The third-order valence-electron chi connectivity index (χ3n) is 5.69. The molecule has 0 radical (unpaired) electrons. The van der Waals surface area contributed by atoms with Gasteiger partial charge in [-0.2, -0.15) is 0 Å². The van der Waals surface area contributed by atoms with Crippen LogP contribution < -0.4 is 9.47 Å². The smallest absolute Gasteiger partial charge is 0.220 e. The highest BCUT2D eigenvalue weighted by Gasteiger charge is 2.25. The van der Waals surface area contributed by atoms with Gasteiger partial charge in [0.25, 0.3) is 0 Å². The Bertz CT molecular complexity index is 1350. The van der Waals surface area contributed by atoms with Crippen molar-refractivity contribution in [3.63, 3.8) is 0 Å². The van der Waals surface area contributed by atoms with E-state index in [4.69, 9.17) is 9.47 Å². The summed E-state index contributed by atoms with van der Waals surface area (Å²) < 4.78 is 13.5. The van der Waals surface area contributed by atoms with E-state index in [1.165, 1.54) is 17.3 Å². The molecule has 0 aliphatic rings. The van der Waals surface area contributed by atoms with E-state index in [1.54, 1.807) is 19.2 Å². The van der Waals surface area contributed by atoms with Crippen molar-refractivity contribution in [3.8, 4) is 17.2 Å². The summed E-state index contributed by atoms with van der Waals surface area (Å²) in [4.78, 5) is 11.3. The first-order valence-electron chi connectivity index (χ1n) is 11.5. The van der Waals surface area contributed by atoms with Crippen molar-refractivity contribution in [2.75, 3.05) is 13.7 Å². The summed E-state index contributed by atoms with van der Waals surface area (Å²) in [5.74, 6) is 1.80. The van der Waals surface area contributed by atoms with Crippen LogP contribution in [0.5, 0.6) is 11.5 Å². The van der Waals surface area contributed by atoms with Gasteiger partial charge < -0.3 is 9.47 Å². The fourth-order valence-corrected chi connectivity index (χ4v) is 4.97. The molecule has 1 aromatic heterocycles. The summed E-state index contributed by atoms with van der Waals surface area (Å²) in [5, 5.41) is 20.2. The van der Waals surface area contributed by atoms with Crippen LogP contribution in [0.3, 0.4) is 0 Å². The Labute approximate surface area is 214 Å². The lowest BCUT2D eigenvalue weighted by Crippen LogP contribution is -2.11. The summed E-state index contributed by atoms with van der Waals surface area (Å²) in [7, 11) is 1.56. The van der Waals surface area contributed by atoms with Gasteiger partial charge >= 0.3 is 0 Å². The van der Waals surface area contributed by atoms with E-state index < -0.39 is 5.25 Å². The van der Waals surface area contributed by atoms with Gasteiger partial charge in [-0.15, -0.1) is 10.2 Å². The molecule has 0 N–H and O–H groups in total. The molecule has 0 bridgehead atoms. The Kier molecular flexibility index (Phi) is 7.90. The first-order chi connectivity index (χ1) is 17.3. The molecule has 0 aliphatic heterocycles. The standard InChI is InChI=1S/C27H28N4O4S/c1-18-8-10-21(11-9-18)17-35-24-13-12-22(15-25(24)34-4)26(16-30(32)33)36-27-29-28-20(3)31(27)23-7-5-6-19(2)14-23/h5-15,26H,16-17H2,1-4H3/t26-/m1/s1. The van der Waals surface area contributed by atoms with Gasteiger partial charge in [0, 0.05) is 10.6 Å². The van der Waals surface area contributed by atoms with Crippen LogP contribution in [0.25, 0.3) is 5.69 Å². The Morgan fingerprint density at radius 1 is 0.972 bits per heavy atom. The van der Waals surface area contributed by atoms with Crippen molar-refractivity contribution in [1.82, 2.24) is 14.8 Å². The molecule has 0 saturated heterocycles. The average molecular weight is 505 g/mol. The lowest BCUT2D eigenvalue weighted by Gasteiger charge is -2.17. The van der Waals surface area contributed by atoms with Gasteiger partial charge in [-0.1, -0.05) is 59.8 Å². The van der Waals surface area contributed by atoms with Crippen molar-refractivity contribution in [2.45, 2.75) is 37.8 Å². The third-order valence-corrected chi connectivity index (χ3v) is 6.87. The van der Waals surface area contributed by atoms with Crippen molar-refractivity contribution in [3.05, 3.63) is 105 Å². The molecule has 186 valence electrons. The monoisotopic (exact) mass is 504 g/mol. The number of nitrogens with zero attached hydrogens (tertiary/aromatic N) is 4. The Morgan fingerprint density at radius 2 is 1.75 bits per heavy atom. The Balaban J connectivity index is 1.60. The highest BCUT2D eigenvalue weighted by molar-refractivity contribution is 7.99. The van der Waals surface area contributed by atoms with Crippen LogP contribution in [-0.2, 0) is 6.61 Å². The summed E-state index contributed by atoms with van der Waals surface area (Å²) in [6.07, 6.45) is 0. The van der Waals surface area contributed by atoms with E-state index in [9.17, 15) is 10.1 Å². The molecule has 0 spiro atoms. The molecular formula is C27H28N4O4S. The normalized spacial score (nSPS) is 11.8. The number of hydrogen-bond donors (Lipinski definition) is 0. The number of aryl methyl sites for hydroxylation is 3. The van der Waals surface area contributed by atoms with Crippen LogP contribution >= 0.6 is 11.8 Å². The Morgan fingerprint density at radius 3 is 2.44 bits per heavy atom. The van der Waals surface area contributed by atoms with E-state index in [-0.39, 0.29) is 11.5 Å². The van der Waals surface area contributed by atoms with E-state index in [0.29, 0.717) is 29.1 Å². The van der Waals surface area contributed by atoms with Crippen LogP contribution in [0.1, 0.15) is 33.3 Å². The summed E-state index contributed by atoms with van der Waals surface area (Å²) in [6.45, 7) is 6.03. The van der Waals surface area contributed by atoms with E-state index in [2.05, 4.69) is 10.2 Å². The highest BCUT2D eigenvalue weighted by atomic mass is 32.2. The summed E-state index contributed by atoms with van der Waals surface area (Å²) in [6, 6.07) is 21.5. The third kappa shape index (κ3) is 6.04. The second-order valence-corrected chi connectivity index (χ2v) is 9.68. The number of ether oxygens (including phenoxy) is 2. The number of benzene rings is 3. The van der Waals surface area contributed by atoms with E-state index >= 15 is 0 Å². The van der Waals surface area contributed by atoms with Gasteiger partial charge in [0.05, 0.1) is 7.11 Å². The maximum absolute atomic E-state index is 11.6. The van der Waals surface area contributed by atoms with Crippen molar-refractivity contribution in [2.24, 2.45) is 0 Å². The topological polar surface area (TPSA) is 92.3 Å². The first kappa shape index (κ1) is 25.2. The molecule has 8 nitrogen and oxygen atoms in total. The molecule has 0 fully saturated rings. The molecule has 0 saturated carbocycles. The van der Waals surface area contributed by atoms with Crippen LogP contribution in [-0.4, -0.2) is 33.3 Å². The molecule has 3 aromatic carbocycles.